The highest BCUT2D eigenvalue weighted by Crippen LogP contribution is 2.20. The highest BCUT2D eigenvalue weighted by molar-refractivity contribution is 6.48. The van der Waals surface area contributed by atoms with Crippen molar-refractivity contribution in [2.24, 2.45) is 0 Å². The number of carbonyl (C=O) groups is 1. The first-order chi connectivity index (χ1) is 11.6. The van der Waals surface area contributed by atoms with Crippen LogP contribution >= 0.6 is 0 Å². The number of hydrogen-bond acceptors (Lipinski definition) is 3. The number of hydrogen-bond donors (Lipinski definition) is 0. The van der Waals surface area contributed by atoms with Crippen molar-refractivity contribution in [2.75, 3.05) is 26.2 Å². The summed E-state index contributed by atoms with van der Waals surface area (Å²) >= 11 is 0. The third-order valence-electron chi connectivity index (χ3n) is 4.97. The molecule has 1 aliphatic rings. The molecule has 0 aromatic heterocycles. The molecule has 4 nitrogen and oxygen atoms in total. The van der Waals surface area contributed by atoms with Crippen LogP contribution in [0.15, 0.2) is 0 Å². The van der Waals surface area contributed by atoms with Crippen molar-refractivity contribution in [3.05, 3.63) is 0 Å². The van der Waals surface area contributed by atoms with Gasteiger partial charge in [0.15, 0.2) is 0 Å². The van der Waals surface area contributed by atoms with Crippen LogP contribution in [0.4, 0.5) is 0 Å². The van der Waals surface area contributed by atoms with Gasteiger partial charge in [0.25, 0.3) is 0 Å². The molecular weight excluding hydrogens is 300 g/mol. The zero-order chi connectivity index (χ0) is 17.9. The zero-order valence-corrected chi connectivity index (χ0v) is 16.4. The molecule has 0 N–H and O–H groups in total. The number of ketones is 1. The van der Waals surface area contributed by atoms with E-state index in [1.807, 2.05) is 0 Å². The van der Waals surface area contributed by atoms with Crippen molar-refractivity contribution >= 4 is 11.5 Å². The minimum absolute atomic E-state index is 0.106. The van der Waals surface area contributed by atoms with Crippen molar-refractivity contribution < 1.29 is 14.5 Å². The number of nitrogens with zero attached hydrogens (tertiary/aromatic N) is 2. The molecule has 1 saturated carbocycles. The van der Waals surface area contributed by atoms with Crippen LogP contribution in [-0.4, -0.2) is 59.3 Å². The lowest BCUT2D eigenvalue weighted by Gasteiger charge is -2.45. The molecular formula is C20H38N2O2. The number of carbonyl (C=O) groups excluding carboxylic acids is 1. The molecule has 0 heterocycles. The molecule has 0 spiro atoms. The highest BCUT2D eigenvalue weighted by atomic mass is 16.3. The van der Waals surface area contributed by atoms with E-state index in [2.05, 4.69) is 37.2 Å². The number of rotatable bonds is 13. The molecule has 0 amide bonds. The lowest BCUT2D eigenvalue weighted by Crippen LogP contribution is -2.72. The third-order valence-corrected chi connectivity index (χ3v) is 4.97. The Kier molecular flexibility index (Phi) is 10.4. The van der Waals surface area contributed by atoms with Crippen LogP contribution < -0.4 is 5.11 Å². The smallest absolute Gasteiger partial charge is 0.236 e. The van der Waals surface area contributed by atoms with Gasteiger partial charge in [-0.05, 0) is 32.0 Å². The Balaban J connectivity index is 2.85. The van der Waals surface area contributed by atoms with Gasteiger partial charge in [0.1, 0.15) is 13.1 Å². The lowest BCUT2D eigenvalue weighted by atomic mass is 9.82. The van der Waals surface area contributed by atoms with Crippen molar-refractivity contribution in [3.63, 3.8) is 0 Å². The van der Waals surface area contributed by atoms with Gasteiger partial charge in [-0.15, -0.1) is 0 Å². The quantitative estimate of drug-likeness (QED) is 0.485. The van der Waals surface area contributed by atoms with Crippen LogP contribution in [0.2, 0.25) is 0 Å². The molecule has 0 aromatic carbocycles. The van der Waals surface area contributed by atoms with E-state index in [0.717, 1.165) is 77.5 Å². The molecule has 2 atom stereocenters. The van der Waals surface area contributed by atoms with Crippen molar-refractivity contribution in [1.29, 1.82) is 0 Å². The Bertz CT molecular complexity index is 388. The average molecular weight is 339 g/mol. The summed E-state index contributed by atoms with van der Waals surface area (Å²) in [5, 5.41) is 12.8. The Hall–Kier alpha value is -0.740. The van der Waals surface area contributed by atoms with Crippen LogP contribution in [0.1, 0.15) is 79.1 Å². The number of Topliss-reactive ketones (excluding diaryl/α,β-unsaturated/α-hetero) is 1. The Labute approximate surface area is 148 Å². The standard InChI is InChI=1S/C20H38N2O2/c1-5-9-13-21(14-10-6-2)17-19(23)18(20(17)24)22(15-11-7-3)16-12-8-4/h17,19H,5-16H2,1-4H3. The van der Waals surface area contributed by atoms with Gasteiger partial charge >= 0.3 is 0 Å². The second-order valence-corrected chi connectivity index (χ2v) is 7.05. The van der Waals surface area contributed by atoms with Crippen LogP contribution in [0.5, 0.6) is 0 Å². The molecule has 1 fully saturated rings. The van der Waals surface area contributed by atoms with E-state index < -0.39 is 12.1 Å². The van der Waals surface area contributed by atoms with Crippen LogP contribution in [-0.2, 0) is 4.79 Å². The summed E-state index contributed by atoms with van der Waals surface area (Å²) in [6.07, 6.45) is 7.76. The molecule has 24 heavy (non-hydrogen) atoms. The van der Waals surface area contributed by atoms with Crippen molar-refractivity contribution in [3.8, 4) is 0 Å². The predicted molar refractivity (Wildman–Crippen MR) is 98.8 cm³/mol. The first-order valence-corrected chi connectivity index (χ1v) is 10.2. The maximum Gasteiger partial charge on any atom is 0.236 e. The highest BCUT2D eigenvalue weighted by Gasteiger charge is 2.48. The summed E-state index contributed by atoms with van der Waals surface area (Å²) in [4.78, 5) is 14.9. The van der Waals surface area contributed by atoms with E-state index in [1.54, 1.807) is 0 Å². The van der Waals surface area contributed by atoms with Crippen LogP contribution in [0.25, 0.3) is 0 Å². The third kappa shape index (κ3) is 5.66. The second-order valence-electron chi connectivity index (χ2n) is 7.05. The maximum absolute atomic E-state index is 12.8. The Morgan fingerprint density at radius 1 is 0.875 bits per heavy atom. The monoisotopic (exact) mass is 338 g/mol. The number of unbranched alkanes of at least 4 members (excludes halogenated alkanes) is 4. The van der Waals surface area contributed by atoms with Crippen LogP contribution in [0, 0.1) is 0 Å². The van der Waals surface area contributed by atoms with Gasteiger partial charge in [0.05, 0.1) is 6.04 Å². The van der Waals surface area contributed by atoms with Gasteiger partial charge in [-0.25, -0.2) is 4.58 Å². The van der Waals surface area contributed by atoms with Crippen molar-refractivity contribution in [2.45, 2.75) is 91.2 Å². The Morgan fingerprint density at radius 2 is 1.33 bits per heavy atom. The summed E-state index contributed by atoms with van der Waals surface area (Å²) in [5.41, 5.74) is 0.569. The lowest BCUT2D eigenvalue weighted by molar-refractivity contribution is -0.543. The molecule has 1 aliphatic carbocycles. The maximum atomic E-state index is 12.8. The summed E-state index contributed by atoms with van der Waals surface area (Å²) in [7, 11) is 0. The Morgan fingerprint density at radius 3 is 1.71 bits per heavy atom. The van der Waals surface area contributed by atoms with Crippen molar-refractivity contribution in [1.82, 2.24) is 4.90 Å². The fraction of sp³-hybridized carbons (Fsp3) is 0.900. The first-order valence-electron chi connectivity index (χ1n) is 10.2. The molecule has 140 valence electrons. The summed E-state index contributed by atoms with van der Waals surface area (Å²) in [6.45, 7) is 12.1. The van der Waals surface area contributed by atoms with E-state index in [-0.39, 0.29) is 5.78 Å². The van der Waals surface area contributed by atoms with Crippen LogP contribution in [0.3, 0.4) is 0 Å². The SMILES string of the molecule is CCCCN(CCCC)C1C(=O)C(=[N+](CCCC)CCCC)C1[O-]. The topological polar surface area (TPSA) is 46.4 Å². The molecule has 4 heteroatoms. The van der Waals surface area contributed by atoms with Gasteiger partial charge in [0.2, 0.25) is 11.5 Å². The van der Waals surface area contributed by atoms with Gasteiger partial charge < -0.3 is 5.11 Å². The van der Waals surface area contributed by atoms with Gasteiger partial charge in [-0.2, -0.15) is 0 Å². The van der Waals surface area contributed by atoms with Gasteiger partial charge in [0, 0.05) is 12.8 Å². The minimum atomic E-state index is -0.847. The van der Waals surface area contributed by atoms with E-state index in [4.69, 9.17) is 0 Å². The molecule has 0 radical (unpaired) electrons. The first kappa shape index (κ1) is 21.3. The molecule has 0 bridgehead atoms. The molecule has 0 aliphatic heterocycles. The minimum Gasteiger partial charge on any atom is -0.843 e. The van der Waals surface area contributed by atoms with E-state index in [1.165, 1.54) is 0 Å². The molecule has 0 saturated heterocycles. The summed E-state index contributed by atoms with van der Waals surface area (Å²) < 4.78 is 2.10. The normalized spacial score (nSPS) is 20.6. The van der Waals surface area contributed by atoms with E-state index in [0.29, 0.717) is 5.71 Å². The molecule has 0 aromatic rings. The summed E-state index contributed by atoms with van der Waals surface area (Å²) in [6, 6.07) is -0.413. The zero-order valence-electron chi connectivity index (χ0n) is 16.4. The fourth-order valence-corrected chi connectivity index (χ4v) is 3.34. The predicted octanol–water partition coefficient (Wildman–Crippen LogP) is 2.62. The van der Waals surface area contributed by atoms with E-state index >= 15 is 0 Å². The molecule has 2 unspecified atom stereocenters. The van der Waals surface area contributed by atoms with Gasteiger partial charge in [-0.1, -0.05) is 53.4 Å². The largest absolute Gasteiger partial charge is 0.843 e. The second kappa shape index (κ2) is 11.8. The fourth-order valence-electron chi connectivity index (χ4n) is 3.34. The summed E-state index contributed by atoms with van der Waals surface area (Å²) in [5.74, 6) is 0.106. The van der Waals surface area contributed by atoms with Gasteiger partial charge in [-0.3, -0.25) is 9.69 Å². The molecule has 1 rings (SSSR count). The average Bonchev–Trinajstić information content (AvgIpc) is 2.59. The van der Waals surface area contributed by atoms with E-state index in [9.17, 15) is 9.90 Å².